The second-order valence-corrected chi connectivity index (χ2v) is 7.92. The third-order valence-electron chi connectivity index (χ3n) is 4.97. The van der Waals surface area contributed by atoms with Gasteiger partial charge in [-0.1, -0.05) is 6.07 Å². The highest BCUT2D eigenvalue weighted by molar-refractivity contribution is 5.95. The van der Waals surface area contributed by atoms with Crippen molar-refractivity contribution in [3.63, 3.8) is 0 Å². The molecule has 1 aromatic carbocycles. The van der Waals surface area contributed by atoms with E-state index < -0.39 is 46.4 Å². The highest BCUT2D eigenvalue weighted by Crippen LogP contribution is 2.28. The Bertz CT molecular complexity index is 1230. The van der Waals surface area contributed by atoms with Crippen LogP contribution < -0.4 is 10.9 Å². The second kappa shape index (κ2) is 8.74. The van der Waals surface area contributed by atoms with Gasteiger partial charge in [-0.2, -0.15) is 23.0 Å². The Balaban J connectivity index is 2.16. The van der Waals surface area contributed by atoms with Crippen molar-refractivity contribution in [2.24, 2.45) is 0 Å². The summed E-state index contributed by atoms with van der Waals surface area (Å²) in [6, 6.07) is 7.08. The fourth-order valence-corrected chi connectivity index (χ4v) is 2.75. The van der Waals surface area contributed by atoms with Gasteiger partial charge in [0.15, 0.2) is 0 Å². The molecular formula is C22H20F4N4O3. The lowest BCUT2D eigenvalue weighted by atomic mass is 10.0. The molecule has 7 nitrogen and oxygen atoms in total. The maximum atomic E-state index is 13.8. The lowest BCUT2D eigenvalue weighted by molar-refractivity contribution is -0.141. The molecule has 0 fully saturated rings. The van der Waals surface area contributed by atoms with E-state index in [1.165, 1.54) is 32.9 Å². The molecule has 1 amide bonds. The Kier molecular flexibility index (Phi) is 6.37. The minimum Gasteiger partial charge on any atom is -0.388 e. The fraction of sp³-hybridized carbons (Fsp3) is 0.273. The van der Waals surface area contributed by atoms with Gasteiger partial charge in [0.2, 0.25) is 0 Å². The summed E-state index contributed by atoms with van der Waals surface area (Å²) < 4.78 is 53.1. The second-order valence-electron chi connectivity index (χ2n) is 7.92. The van der Waals surface area contributed by atoms with Gasteiger partial charge in [0.1, 0.15) is 17.1 Å². The first-order valence-corrected chi connectivity index (χ1v) is 9.74. The van der Waals surface area contributed by atoms with Crippen LogP contribution in [-0.4, -0.2) is 37.4 Å². The third-order valence-corrected chi connectivity index (χ3v) is 4.97. The SMILES string of the molecule is C[C@H](NC(=O)c1cc(-c2ccc(C(F)(F)F)nc2)nn(-c2cccc(F)c2)c1=O)C(C)(C)O. The molecule has 0 aliphatic carbocycles. The third kappa shape index (κ3) is 5.43. The largest absolute Gasteiger partial charge is 0.433 e. The molecule has 0 bridgehead atoms. The standard InChI is InChI=1S/C22H20F4N4O3/c1-12(21(2,3)33)28-19(31)16-10-17(13-7-8-18(27-11-13)22(24,25)26)29-30(20(16)32)15-6-4-5-14(23)9-15/h4-12,33H,1-3H3,(H,28,31)/t12-/m0/s1. The number of halogens is 4. The topological polar surface area (TPSA) is 97.1 Å². The number of amides is 1. The van der Waals surface area contributed by atoms with Crippen molar-refractivity contribution >= 4 is 5.91 Å². The number of alkyl halides is 3. The average Bonchev–Trinajstić information content (AvgIpc) is 2.72. The number of nitrogens with one attached hydrogen (secondary N) is 1. The Morgan fingerprint density at radius 3 is 2.39 bits per heavy atom. The molecule has 2 heterocycles. The van der Waals surface area contributed by atoms with E-state index in [4.69, 9.17) is 0 Å². The quantitative estimate of drug-likeness (QED) is 0.565. The number of aliphatic hydroxyl groups is 1. The molecule has 2 N–H and O–H groups in total. The van der Waals surface area contributed by atoms with Crippen LogP contribution in [0.2, 0.25) is 0 Å². The predicted octanol–water partition coefficient (Wildman–Crippen LogP) is 3.34. The van der Waals surface area contributed by atoms with Gasteiger partial charge in [-0.05, 0) is 57.2 Å². The lowest BCUT2D eigenvalue weighted by Gasteiger charge is -2.26. The minimum atomic E-state index is -4.65. The normalized spacial score (nSPS) is 13.0. The van der Waals surface area contributed by atoms with Crippen LogP contribution in [0.4, 0.5) is 17.6 Å². The summed E-state index contributed by atoms with van der Waals surface area (Å²) >= 11 is 0. The molecule has 33 heavy (non-hydrogen) atoms. The summed E-state index contributed by atoms with van der Waals surface area (Å²) in [5.41, 5.74) is -3.65. The first-order valence-electron chi connectivity index (χ1n) is 9.74. The zero-order valence-corrected chi connectivity index (χ0v) is 17.8. The smallest absolute Gasteiger partial charge is 0.388 e. The molecule has 0 spiro atoms. The zero-order valence-electron chi connectivity index (χ0n) is 17.8. The number of pyridine rings is 1. The van der Waals surface area contributed by atoms with E-state index in [0.29, 0.717) is 0 Å². The number of rotatable bonds is 5. The first-order chi connectivity index (χ1) is 15.3. The van der Waals surface area contributed by atoms with Gasteiger partial charge in [0.05, 0.1) is 23.0 Å². The van der Waals surface area contributed by atoms with Gasteiger partial charge >= 0.3 is 6.18 Å². The van der Waals surface area contributed by atoms with Gasteiger partial charge in [-0.15, -0.1) is 0 Å². The van der Waals surface area contributed by atoms with Gasteiger partial charge in [0.25, 0.3) is 11.5 Å². The van der Waals surface area contributed by atoms with E-state index in [1.807, 2.05) is 0 Å². The van der Waals surface area contributed by atoms with Crippen LogP contribution in [0.15, 0.2) is 53.5 Å². The zero-order chi connectivity index (χ0) is 24.6. The number of aromatic nitrogens is 3. The fourth-order valence-electron chi connectivity index (χ4n) is 2.75. The summed E-state index contributed by atoms with van der Waals surface area (Å²) in [6.07, 6.45) is -3.74. The van der Waals surface area contributed by atoms with Crippen molar-refractivity contribution in [2.45, 2.75) is 38.6 Å². The monoisotopic (exact) mass is 464 g/mol. The number of nitrogens with zero attached hydrogens (tertiary/aromatic N) is 3. The number of benzene rings is 1. The Morgan fingerprint density at radius 2 is 1.85 bits per heavy atom. The van der Waals surface area contributed by atoms with Crippen LogP contribution in [0.1, 0.15) is 36.8 Å². The molecule has 3 rings (SSSR count). The maximum Gasteiger partial charge on any atom is 0.433 e. The van der Waals surface area contributed by atoms with Gasteiger partial charge in [-0.3, -0.25) is 14.6 Å². The van der Waals surface area contributed by atoms with Crippen molar-refractivity contribution in [3.05, 3.63) is 76.1 Å². The van der Waals surface area contributed by atoms with Crippen LogP contribution >= 0.6 is 0 Å². The molecule has 0 radical (unpaired) electrons. The van der Waals surface area contributed by atoms with Crippen molar-refractivity contribution in [3.8, 4) is 16.9 Å². The number of hydrogen-bond donors (Lipinski definition) is 2. The van der Waals surface area contributed by atoms with E-state index in [0.717, 1.165) is 41.2 Å². The van der Waals surface area contributed by atoms with Crippen LogP contribution in [0.5, 0.6) is 0 Å². The van der Waals surface area contributed by atoms with Crippen molar-refractivity contribution in [2.75, 3.05) is 0 Å². The van der Waals surface area contributed by atoms with E-state index in [-0.39, 0.29) is 16.9 Å². The predicted molar refractivity (Wildman–Crippen MR) is 111 cm³/mol. The molecule has 174 valence electrons. The van der Waals surface area contributed by atoms with Gasteiger partial charge in [-0.25, -0.2) is 4.39 Å². The molecule has 1 atom stereocenters. The van der Waals surface area contributed by atoms with Crippen molar-refractivity contribution in [1.29, 1.82) is 0 Å². The van der Waals surface area contributed by atoms with Gasteiger partial charge < -0.3 is 10.4 Å². The summed E-state index contributed by atoms with van der Waals surface area (Å²) in [6.45, 7) is 4.47. The number of carbonyl (C=O) groups excluding carboxylic acids is 1. The molecule has 2 aromatic heterocycles. The number of hydrogen-bond acceptors (Lipinski definition) is 5. The maximum absolute atomic E-state index is 13.8. The molecule has 11 heteroatoms. The van der Waals surface area contributed by atoms with E-state index in [2.05, 4.69) is 15.4 Å². The minimum absolute atomic E-state index is 0.00584. The van der Waals surface area contributed by atoms with E-state index in [1.54, 1.807) is 0 Å². The molecule has 0 unspecified atom stereocenters. The Labute approximate surface area is 185 Å². The molecule has 0 saturated heterocycles. The van der Waals surface area contributed by atoms with Crippen LogP contribution in [0, 0.1) is 5.82 Å². The first kappa shape index (κ1) is 24.1. The molecular weight excluding hydrogens is 444 g/mol. The number of carbonyl (C=O) groups is 1. The lowest BCUT2D eigenvalue weighted by Crippen LogP contribution is -2.48. The summed E-state index contributed by atoms with van der Waals surface area (Å²) in [5, 5.41) is 16.7. The summed E-state index contributed by atoms with van der Waals surface area (Å²) in [5.74, 6) is -1.51. The van der Waals surface area contributed by atoms with Crippen LogP contribution in [-0.2, 0) is 6.18 Å². The van der Waals surface area contributed by atoms with Crippen LogP contribution in [0.3, 0.4) is 0 Å². The molecule has 0 aliphatic heterocycles. The highest BCUT2D eigenvalue weighted by Gasteiger charge is 2.32. The molecule has 3 aromatic rings. The molecule has 0 aliphatic rings. The van der Waals surface area contributed by atoms with Crippen molar-refractivity contribution < 1.29 is 27.5 Å². The van der Waals surface area contributed by atoms with Crippen LogP contribution in [0.25, 0.3) is 16.9 Å². The highest BCUT2D eigenvalue weighted by atomic mass is 19.4. The van der Waals surface area contributed by atoms with E-state index >= 15 is 0 Å². The Morgan fingerprint density at radius 1 is 1.15 bits per heavy atom. The molecule has 0 saturated carbocycles. The van der Waals surface area contributed by atoms with Crippen molar-refractivity contribution in [1.82, 2.24) is 20.1 Å². The van der Waals surface area contributed by atoms with E-state index in [9.17, 15) is 32.3 Å². The average molecular weight is 464 g/mol. The van der Waals surface area contributed by atoms with Gasteiger partial charge in [0, 0.05) is 11.8 Å². The summed E-state index contributed by atoms with van der Waals surface area (Å²) in [4.78, 5) is 29.2. The Hall–Kier alpha value is -3.60. The summed E-state index contributed by atoms with van der Waals surface area (Å²) in [7, 11) is 0.